The van der Waals surface area contributed by atoms with Gasteiger partial charge in [-0.15, -0.1) is 0 Å². The van der Waals surface area contributed by atoms with Gasteiger partial charge < -0.3 is 10.1 Å². The highest BCUT2D eigenvalue weighted by Gasteiger charge is 2.35. The molecule has 0 heterocycles. The molecule has 0 spiro atoms. The lowest BCUT2D eigenvalue weighted by atomic mass is 9.86. The molecule has 1 fully saturated rings. The van der Waals surface area contributed by atoms with E-state index in [1.165, 1.54) is 40.4 Å². The summed E-state index contributed by atoms with van der Waals surface area (Å²) < 4.78 is 5.36. The van der Waals surface area contributed by atoms with E-state index in [0.717, 1.165) is 11.7 Å². The maximum Gasteiger partial charge on any atom is 0.119 e. The summed E-state index contributed by atoms with van der Waals surface area (Å²) in [7, 11) is 1.72. The van der Waals surface area contributed by atoms with Crippen LogP contribution in [-0.4, -0.2) is 13.2 Å². The van der Waals surface area contributed by atoms with Gasteiger partial charge in [0.1, 0.15) is 5.75 Å². The van der Waals surface area contributed by atoms with E-state index in [1.807, 2.05) is 6.07 Å². The lowest BCUT2D eigenvalue weighted by molar-refractivity contribution is 0.415. The molecule has 1 unspecified atom stereocenters. The van der Waals surface area contributed by atoms with Crippen LogP contribution < -0.4 is 10.1 Å². The molecule has 0 aliphatic heterocycles. The van der Waals surface area contributed by atoms with E-state index in [2.05, 4.69) is 87.6 Å². The molecule has 3 aromatic rings. The Balaban J connectivity index is 1.56. The van der Waals surface area contributed by atoms with Crippen molar-refractivity contribution in [2.45, 2.75) is 57.9 Å². The number of anilines is 1. The van der Waals surface area contributed by atoms with Crippen molar-refractivity contribution >= 4 is 16.5 Å². The summed E-state index contributed by atoms with van der Waals surface area (Å²) in [6.45, 7) is 9.16. The summed E-state index contributed by atoms with van der Waals surface area (Å²) in [5.41, 5.74) is 4.20. The van der Waals surface area contributed by atoms with Gasteiger partial charge in [-0.25, -0.2) is 0 Å². The van der Waals surface area contributed by atoms with Crippen LogP contribution >= 0.6 is 0 Å². The number of benzene rings is 3. The van der Waals surface area contributed by atoms with Crippen LogP contribution in [0.2, 0.25) is 0 Å². The lowest BCUT2D eigenvalue weighted by Gasteiger charge is -2.27. The fourth-order valence-electron chi connectivity index (χ4n) is 4.23. The summed E-state index contributed by atoms with van der Waals surface area (Å²) in [6, 6.07) is 22.7. The number of fused-ring (bicyclic) bond motifs is 1. The molecule has 2 nitrogen and oxygen atoms in total. The summed E-state index contributed by atoms with van der Waals surface area (Å²) in [5, 5.41) is 6.37. The number of hydrogen-bond donors (Lipinski definition) is 1. The lowest BCUT2D eigenvalue weighted by Crippen LogP contribution is -2.28. The minimum atomic E-state index is 0.190. The minimum absolute atomic E-state index is 0.190. The fourth-order valence-corrected chi connectivity index (χ4v) is 4.23. The van der Waals surface area contributed by atoms with Crippen LogP contribution in [0, 0.1) is 5.92 Å². The zero-order valence-electron chi connectivity index (χ0n) is 18.3. The first-order valence-electron chi connectivity index (χ1n) is 10.8. The average molecular weight is 388 g/mol. The first-order valence-corrected chi connectivity index (χ1v) is 10.8. The highest BCUT2D eigenvalue weighted by molar-refractivity contribution is 5.84. The number of ether oxygens (including phenoxy) is 1. The Morgan fingerprint density at radius 1 is 0.897 bits per heavy atom. The molecule has 29 heavy (non-hydrogen) atoms. The Bertz CT molecular complexity index is 980. The topological polar surface area (TPSA) is 21.3 Å². The van der Waals surface area contributed by atoms with Gasteiger partial charge in [-0.1, -0.05) is 64.1 Å². The Morgan fingerprint density at radius 3 is 2.17 bits per heavy atom. The zero-order chi connectivity index (χ0) is 20.6. The van der Waals surface area contributed by atoms with Crippen LogP contribution in [0.25, 0.3) is 10.8 Å². The largest absolute Gasteiger partial charge is 0.497 e. The van der Waals surface area contributed by atoms with Crippen LogP contribution in [0.1, 0.15) is 57.6 Å². The monoisotopic (exact) mass is 387 g/mol. The Kier molecular flexibility index (Phi) is 5.29. The number of rotatable bonds is 6. The minimum Gasteiger partial charge on any atom is -0.497 e. The van der Waals surface area contributed by atoms with Crippen molar-refractivity contribution in [3.8, 4) is 5.75 Å². The predicted octanol–water partition coefficient (Wildman–Crippen LogP) is 7.14. The van der Waals surface area contributed by atoms with Crippen LogP contribution in [-0.2, 0) is 5.41 Å². The second-order valence-corrected chi connectivity index (χ2v) is 9.60. The third-order valence-corrected chi connectivity index (χ3v) is 6.35. The maximum atomic E-state index is 5.36. The van der Waals surface area contributed by atoms with Crippen molar-refractivity contribution in [2.75, 3.05) is 12.4 Å². The van der Waals surface area contributed by atoms with Gasteiger partial charge in [0.2, 0.25) is 0 Å². The predicted molar refractivity (Wildman–Crippen MR) is 124 cm³/mol. The molecule has 4 rings (SSSR count). The van der Waals surface area contributed by atoms with Gasteiger partial charge >= 0.3 is 0 Å². The first-order chi connectivity index (χ1) is 13.8. The van der Waals surface area contributed by atoms with Crippen LogP contribution in [0.4, 0.5) is 5.69 Å². The maximum absolute atomic E-state index is 5.36. The molecule has 0 bridgehead atoms. The van der Waals surface area contributed by atoms with Gasteiger partial charge in [0.15, 0.2) is 0 Å². The van der Waals surface area contributed by atoms with Crippen molar-refractivity contribution in [1.82, 2.24) is 0 Å². The van der Waals surface area contributed by atoms with E-state index < -0.39 is 0 Å². The van der Waals surface area contributed by atoms with Crippen molar-refractivity contribution in [2.24, 2.45) is 5.92 Å². The normalized spacial score (nSPS) is 16.4. The molecule has 0 saturated heterocycles. The Hall–Kier alpha value is -2.48. The molecule has 1 aliphatic carbocycles. The van der Waals surface area contributed by atoms with Crippen LogP contribution in [0.15, 0.2) is 60.7 Å². The number of methoxy groups -OCH3 is 1. The molecule has 1 N–H and O–H groups in total. The molecular formula is C27H33NO. The molecule has 152 valence electrons. The molecule has 3 aromatic carbocycles. The quantitative estimate of drug-likeness (QED) is 0.485. The molecule has 0 amide bonds. The summed E-state index contributed by atoms with van der Waals surface area (Å²) in [5.74, 6) is 2.13. The van der Waals surface area contributed by atoms with Gasteiger partial charge in [-0.05, 0) is 70.3 Å². The molecule has 0 aromatic heterocycles. The number of hydrogen-bond acceptors (Lipinski definition) is 2. The van der Waals surface area contributed by atoms with Crippen molar-refractivity contribution in [3.63, 3.8) is 0 Å². The van der Waals surface area contributed by atoms with Gasteiger partial charge in [-0.2, -0.15) is 0 Å². The van der Waals surface area contributed by atoms with Crippen molar-refractivity contribution in [1.29, 1.82) is 0 Å². The van der Waals surface area contributed by atoms with Gasteiger partial charge in [0.05, 0.1) is 7.11 Å². The van der Waals surface area contributed by atoms with Gasteiger partial charge in [0, 0.05) is 17.6 Å². The van der Waals surface area contributed by atoms with Crippen LogP contribution in [0.5, 0.6) is 5.75 Å². The van der Waals surface area contributed by atoms with E-state index in [0.29, 0.717) is 12.0 Å². The van der Waals surface area contributed by atoms with E-state index in [9.17, 15) is 0 Å². The smallest absolute Gasteiger partial charge is 0.119 e. The van der Waals surface area contributed by atoms with Crippen LogP contribution in [0.3, 0.4) is 0 Å². The second-order valence-electron chi connectivity index (χ2n) is 9.60. The van der Waals surface area contributed by atoms with Crippen molar-refractivity contribution < 1.29 is 4.74 Å². The Morgan fingerprint density at radius 2 is 1.55 bits per heavy atom. The summed E-state index contributed by atoms with van der Waals surface area (Å²) in [4.78, 5) is 0. The van der Waals surface area contributed by atoms with Crippen molar-refractivity contribution in [3.05, 3.63) is 71.8 Å². The molecular weight excluding hydrogens is 354 g/mol. The molecule has 1 saturated carbocycles. The van der Waals surface area contributed by atoms with E-state index >= 15 is 0 Å². The average Bonchev–Trinajstić information content (AvgIpc) is 3.55. The fraction of sp³-hybridized carbons (Fsp3) is 0.407. The first kappa shape index (κ1) is 19.8. The van der Waals surface area contributed by atoms with Gasteiger partial charge in [-0.3, -0.25) is 0 Å². The van der Waals surface area contributed by atoms with E-state index in [4.69, 9.17) is 4.74 Å². The molecule has 2 atom stereocenters. The summed E-state index contributed by atoms with van der Waals surface area (Å²) >= 11 is 0. The van der Waals surface area contributed by atoms with E-state index in [1.54, 1.807) is 7.11 Å². The highest BCUT2D eigenvalue weighted by atomic mass is 16.5. The third kappa shape index (κ3) is 4.42. The molecule has 1 aliphatic rings. The molecule has 0 radical (unpaired) electrons. The SMILES string of the molecule is COc1ccc2cc([C@H](C)C(Nc3ccc(C(C)(C)C)cc3)C3CC3)ccc2c1. The molecule has 2 heteroatoms. The van der Waals surface area contributed by atoms with Gasteiger partial charge in [0.25, 0.3) is 0 Å². The third-order valence-electron chi connectivity index (χ3n) is 6.35. The standard InChI is InChI=1S/C27H33NO/c1-18(20-8-9-22-17-25(29-5)15-10-21(22)16-20)26(19-6-7-19)28-24-13-11-23(12-14-24)27(2,3)4/h8-19,26,28H,6-7H2,1-5H3/t18-,26?/m0/s1. The zero-order valence-corrected chi connectivity index (χ0v) is 18.3. The number of nitrogens with one attached hydrogen (secondary N) is 1. The summed E-state index contributed by atoms with van der Waals surface area (Å²) in [6.07, 6.45) is 2.65. The highest BCUT2D eigenvalue weighted by Crippen LogP contribution is 2.41. The Labute approximate surface area is 175 Å². The van der Waals surface area contributed by atoms with E-state index in [-0.39, 0.29) is 5.41 Å². The second kappa shape index (κ2) is 7.74.